The number of carbonyl (C=O) groups excluding carboxylic acids is 1. The van der Waals surface area contributed by atoms with Gasteiger partial charge in [-0.3, -0.25) is 4.79 Å². The minimum atomic E-state index is -0.830. The molecular weight excluding hydrogens is 266 g/mol. The van der Waals surface area contributed by atoms with E-state index in [0.29, 0.717) is 18.9 Å². The molecule has 21 heavy (non-hydrogen) atoms. The van der Waals surface area contributed by atoms with E-state index in [-0.39, 0.29) is 11.7 Å². The summed E-state index contributed by atoms with van der Waals surface area (Å²) >= 11 is 0. The second-order valence-corrected chi connectivity index (χ2v) is 6.12. The van der Waals surface area contributed by atoms with Crippen molar-refractivity contribution < 1.29 is 10.0 Å². The summed E-state index contributed by atoms with van der Waals surface area (Å²) in [4.78, 5) is 15.2. The van der Waals surface area contributed by atoms with Crippen molar-refractivity contribution in [3.05, 3.63) is 0 Å². The smallest absolute Gasteiger partial charge is 0.236 e. The Morgan fingerprint density at radius 2 is 1.90 bits per heavy atom. The average molecular weight is 297 g/mol. The van der Waals surface area contributed by atoms with Gasteiger partial charge in [-0.05, 0) is 38.5 Å². The van der Waals surface area contributed by atoms with E-state index in [1.807, 2.05) is 18.7 Å². The third-order valence-corrected chi connectivity index (χ3v) is 4.72. The van der Waals surface area contributed by atoms with Crippen LogP contribution in [0.3, 0.4) is 0 Å². The Kier molecular flexibility index (Phi) is 6.99. The van der Waals surface area contributed by atoms with Crippen LogP contribution in [-0.4, -0.2) is 34.4 Å². The SMILES string of the molecule is CCCC(CCC)(C(=O)N1CCCCC1CC)C(N)=NO. The number of rotatable bonds is 7. The van der Waals surface area contributed by atoms with Gasteiger partial charge in [0.2, 0.25) is 5.91 Å². The number of hydrogen-bond donors (Lipinski definition) is 2. The zero-order valence-electron chi connectivity index (χ0n) is 13.8. The van der Waals surface area contributed by atoms with Crippen molar-refractivity contribution in [1.29, 1.82) is 0 Å². The summed E-state index contributed by atoms with van der Waals surface area (Å²) in [5, 5.41) is 12.4. The number of likely N-dealkylation sites (tertiary alicyclic amines) is 1. The summed E-state index contributed by atoms with van der Waals surface area (Å²) in [7, 11) is 0. The van der Waals surface area contributed by atoms with Crippen LogP contribution in [0.5, 0.6) is 0 Å². The molecule has 0 spiro atoms. The van der Waals surface area contributed by atoms with Gasteiger partial charge in [0.05, 0.1) is 0 Å². The van der Waals surface area contributed by atoms with Crippen LogP contribution in [0.15, 0.2) is 5.16 Å². The predicted molar refractivity (Wildman–Crippen MR) is 85.3 cm³/mol. The second kappa shape index (κ2) is 8.25. The van der Waals surface area contributed by atoms with Crippen LogP contribution in [-0.2, 0) is 4.79 Å². The number of amidine groups is 1. The third kappa shape index (κ3) is 3.69. The van der Waals surface area contributed by atoms with Crippen molar-refractivity contribution in [2.45, 2.75) is 78.2 Å². The molecule has 0 aliphatic carbocycles. The quantitative estimate of drug-likeness (QED) is 0.328. The molecule has 1 fully saturated rings. The van der Waals surface area contributed by atoms with Crippen LogP contribution in [0, 0.1) is 5.41 Å². The molecule has 1 rings (SSSR count). The molecule has 1 saturated heterocycles. The molecular formula is C16H31N3O2. The van der Waals surface area contributed by atoms with Gasteiger partial charge in [-0.25, -0.2) is 0 Å². The number of amides is 1. The molecule has 122 valence electrons. The maximum atomic E-state index is 13.2. The standard InChI is InChI=1S/C16H31N3O2/c1-4-10-16(11-5-2,14(17)18-21)15(20)19-12-8-7-9-13(19)6-3/h13,21H,4-12H2,1-3H3,(H2,17,18). The lowest BCUT2D eigenvalue weighted by molar-refractivity contribution is -0.143. The van der Waals surface area contributed by atoms with Crippen LogP contribution < -0.4 is 5.73 Å². The molecule has 1 amide bonds. The first-order valence-electron chi connectivity index (χ1n) is 8.36. The molecule has 5 heteroatoms. The Hall–Kier alpha value is -1.26. The highest BCUT2D eigenvalue weighted by Gasteiger charge is 2.45. The molecule has 0 aromatic rings. The monoisotopic (exact) mass is 297 g/mol. The van der Waals surface area contributed by atoms with E-state index in [1.54, 1.807) is 0 Å². The van der Waals surface area contributed by atoms with E-state index >= 15 is 0 Å². The summed E-state index contributed by atoms with van der Waals surface area (Å²) in [5.41, 5.74) is 5.14. The maximum Gasteiger partial charge on any atom is 0.236 e. The predicted octanol–water partition coefficient (Wildman–Crippen LogP) is 3.11. The Bertz CT molecular complexity index is 363. The van der Waals surface area contributed by atoms with E-state index in [0.717, 1.165) is 38.6 Å². The lowest BCUT2D eigenvalue weighted by atomic mass is 9.76. The van der Waals surface area contributed by atoms with Gasteiger partial charge in [0.15, 0.2) is 5.84 Å². The van der Waals surface area contributed by atoms with Gasteiger partial charge in [-0.15, -0.1) is 0 Å². The molecule has 5 nitrogen and oxygen atoms in total. The molecule has 1 aliphatic rings. The molecule has 1 heterocycles. The molecule has 0 aromatic heterocycles. The minimum absolute atomic E-state index is 0.0630. The fraction of sp³-hybridized carbons (Fsp3) is 0.875. The number of nitrogens with zero attached hydrogens (tertiary/aromatic N) is 2. The summed E-state index contributed by atoms with van der Waals surface area (Å²) in [6.45, 7) is 7.00. The van der Waals surface area contributed by atoms with E-state index in [9.17, 15) is 10.0 Å². The maximum absolute atomic E-state index is 13.2. The Labute approximate surface area is 128 Å². The summed E-state index contributed by atoms with van der Waals surface area (Å²) in [6, 6.07) is 0.297. The van der Waals surface area contributed by atoms with Crippen molar-refractivity contribution in [3.63, 3.8) is 0 Å². The highest BCUT2D eigenvalue weighted by molar-refractivity contribution is 6.06. The molecule has 0 aromatic carbocycles. The van der Waals surface area contributed by atoms with Crippen molar-refractivity contribution in [3.8, 4) is 0 Å². The van der Waals surface area contributed by atoms with E-state index in [4.69, 9.17) is 5.73 Å². The number of piperidine rings is 1. The topological polar surface area (TPSA) is 78.9 Å². The normalized spacial score (nSPS) is 20.6. The van der Waals surface area contributed by atoms with Gasteiger partial charge < -0.3 is 15.8 Å². The van der Waals surface area contributed by atoms with E-state index < -0.39 is 5.41 Å². The van der Waals surface area contributed by atoms with E-state index in [2.05, 4.69) is 12.1 Å². The Morgan fingerprint density at radius 3 is 2.38 bits per heavy atom. The molecule has 1 unspecified atom stereocenters. The first-order valence-corrected chi connectivity index (χ1v) is 8.36. The lowest BCUT2D eigenvalue weighted by Crippen LogP contribution is -2.55. The lowest BCUT2D eigenvalue weighted by Gasteiger charge is -2.42. The van der Waals surface area contributed by atoms with Crippen LogP contribution in [0.2, 0.25) is 0 Å². The number of nitrogens with two attached hydrogens (primary N) is 1. The average Bonchev–Trinajstić information content (AvgIpc) is 2.52. The van der Waals surface area contributed by atoms with Gasteiger partial charge in [-0.2, -0.15) is 0 Å². The van der Waals surface area contributed by atoms with Gasteiger partial charge in [0.1, 0.15) is 5.41 Å². The fourth-order valence-electron chi connectivity index (χ4n) is 3.62. The molecule has 1 aliphatic heterocycles. The molecule has 0 bridgehead atoms. The first-order chi connectivity index (χ1) is 10.1. The van der Waals surface area contributed by atoms with Crippen molar-refractivity contribution in [1.82, 2.24) is 4.90 Å². The van der Waals surface area contributed by atoms with Crippen molar-refractivity contribution >= 4 is 11.7 Å². The minimum Gasteiger partial charge on any atom is -0.409 e. The summed E-state index contributed by atoms with van der Waals surface area (Å²) in [5.74, 6) is 0.143. The number of oxime groups is 1. The molecule has 3 N–H and O–H groups in total. The van der Waals surface area contributed by atoms with Gasteiger partial charge >= 0.3 is 0 Å². The zero-order chi connectivity index (χ0) is 15.9. The molecule has 0 radical (unpaired) electrons. The second-order valence-electron chi connectivity index (χ2n) is 6.12. The van der Waals surface area contributed by atoms with Crippen molar-refractivity contribution in [2.24, 2.45) is 16.3 Å². The highest BCUT2D eigenvalue weighted by atomic mass is 16.4. The molecule has 1 atom stereocenters. The first kappa shape index (κ1) is 17.8. The number of carbonyl (C=O) groups is 1. The van der Waals surface area contributed by atoms with Crippen LogP contribution in [0.4, 0.5) is 0 Å². The zero-order valence-corrected chi connectivity index (χ0v) is 13.8. The largest absolute Gasteiger partial charge is 0.409 e. The van der Waals surface area contributed by atoms with Crippen LogP contribution in [0.25, 0.3) is 0 Å². The summed E-state index contributed by atoms with van der Waals surface area (Å²) in [6.07, 6.45) is 7.22. The number of hydrogen-bond acceptors (Lipinski definition) is 3. The fourth-order valence-corrected chi connectivity index (χ4v) is 3.62. The highest BCUT2D eigenvalue weighted by Crippen LogP contribution is 2.35. The molecule has 0 saturated carbocycles. The van der Waals surface area contributed by atoms with Crippen molar-refractivity contribution in [2.75, 3.05) is 6.54 Å². The Balaban J connectivity index is 3.13. The third-order valence-electron chi connectivity index (χ3n) is 4.72. The van der Waals surface area contributed by atoms with Crippen LogP contribution >= 0.6 is 0 Å². The van der Waals surface area contributed by atoms with E-state index in [1.165, 1.54) is 6.42 Å². The van der Waals surface area contributed by atoms with Crippen LogP contribution in [0.1, 0.15) is 72.1 Å². The van der Waals surface area contributed by atoms with Gasteiger partial charge in [0.25, 0.3) is 0 Å². The summed E-state index contributed by atoms with van der Waals surface area (Å²) < 4.78 is 0. The van der Waals surface area contributed by atoms with Gasteiger partial charge in [0, 0.05) is 12.6 Å². The Morgan fingerprint density at radius 1 is 1.29 bits per heavy atom. The van der Waals surface area contributed by atoms with Gasteiger partial charge in [-0.1, -0.05) is 38.8 Å².